The lowest BCUT2D eigenvalue weighted by molar-refractivity contribution is -0.384. The molecule has 2 rings (SSSR count). The topological polar surface area (TPSA) is 72.2 Å². The van der Waals surface area contributed by atoms with Gasteiger partial charge < -0.3 is 5.32 Å². The molecule has 2 aromatic rings. The fraction of sp³-hybridized carbons (Fsp3) is 0.133. The molecule has 0 spiro atoms. The zero-order valence-electron chi connectivity index (χ0n) is 11.3. The number of rotatable bonds is 5. The number of Topliss-reactive ketones (excluding diaryl/α,β-unsaturated/α-hetero) is 1. The smallest absolute Gasteiger partial charge is 0.293 e. The van der Waals surface area contributed by atoms with Crippen LogP contribution in [0, 0.1) is 10.1 Å². The van der Waals surface area contributed by atoms with Crippen molar-refractivity contribution in [2.75, 3.05) is 5.32 Å². The van der Waals surface area contributed by atoms with E-state index in [0.29, 0.717) is 22.8 Å². The number of ketones is 1. The molecule has 0 aliphatic rings. The average molecular weight is 305 g/mol. The van der Waals surface area contributed by atoms with Crippen molar-refractivity contribution in [3.8, 4) is 0 Å². The molecule has 5 nitrogen and oxygen atoms in total. The van der Waals surface area contributed by atoms with E-state index in [-0.39, 0.29) is 11.5 Å². The van der Waals surface area contributed by atoms with Gasteiger partial charge in [0.1, 0.15) is 5.69 Å². The van der Waals surface area contributed by atoms with Gasteiger partial charge in [0.05, 0.1) is 4.92 Å². The molecule has 0 radical (unpaired) electrons. The first kappa shape index (κ1) is 15.0. The molecule has 0 amide bonds. The Balaban J connectivity index is 2.26. The van der Waals surface area contributed by atoms with E-state index in [9.17, 15) is 14.9 Å². The van der Waals surface area contributed by atoms with Gasteiger partial charge in [0.25, 0.3) is 5.69 Å². The van der Waals surface area contributed by atoms with E-state index in [1.54, 1.807) is 12.1 Å². The molecule has 1 N–H and O–H groups in total. The first-order valence-corrected chi connectivity index (χ1v) is 6.63. The first-order valence-electron chi connectivity index (χ1n) is 6.25. The van der Waals surface area contributed by atoms with Crippen LogP contribution in [0.5, 0.6) is 0 Å². The Labute approximate surface area is 126 Å². The largest absolute Gasteiger partial charge is 0.375 e. The maximum absolute atomic E-state index is 11.3. The van der Waals surface area contributed by atoms with Gasteiger partial charge in [-0.2, -0.15) is 0 Å². The lowest BCUT2D eigenvalue weighted by Gasteiger charge is -2.09. The maximum atomic E-state index is 11.3. The SMILES string of the molecule is CC(=O)c1ccc(NCc2ccccc2Cl)c([N+](=O)[O-])c1. The minimum Gasteiger partial charge on any atom is -0.375 e. The standard InChI is InChI=1S/C15H13ClN2O3/c1-10(19)11-6-7-14(15(8-11)18(20)21)17-9-12-4-2-3-5-13(12)16/h2-8,17H,9H2,1H3. The molecule has 0 fully saturated rings. The predicted octanol–water partition coefficient (Wildman–Crippen LogP) is 4.06. The Kier molecular flexibility index (Phi) is 4.55. The van der Waals surface area contributed by atoms with Gasteiger partial charge in [-0.05, 0) is 30.7 Å². The van der Waals surface area contributed by atoms with E-state index in [1.807, 2.05) is 18.2 Å². The van der Waals surface area contributed by atoms with E-state index in [4.69, 9.17) is 11.6 Å². The summed E-state index contributed by atoms with van der Waals surface area (Å²) < 4.78 is 0. The molecule has 108 valence electrons. The average Bonchev–Trinajstić information content (AvgIpc) is 2.46. The quantitative estimate of drug-likeness (QED) is 0.513. The summed E-state index contributed by atoms with van der Waals surface area (Å²) in [5.41, 5.74) is 1.37. The van der Waals surface area contributed by atoms with Gasteiger partial charge in [0.15, 0.2) is 5.78 Å². The Hall–Kier alpha value is -2.40. The summed E-state index contributed by atoms with van der Waals surface area (Å²) in [6.45, 7) is 1.73. The van der Waals surface area contributed by atoms with E-state index in [1.165, 1.54) is 19.1 Å². The van der Waals surface area contributed by atoms with Crippen LogP contribution in [0.1, 0.15) is 22.8 Å². The molecule has 0 aliphatic carbocycles. The van der Waals surface area contributed by atoms with E-state index >= 15 is 0 Å². The monoisotopic (exact) mass is 304 g/mol. The highest BCUT2D eigenvalue weighted by Crippen LogP contribution is 2.27. The minimum absolute atomic E-state index is 0.130. The molecule has 0 bridgehead atoms. The number of carbonyl (C=O) groups excluding carboxylic acids is 1. The number of nitro groups is 1. The van der Waals surface area contributed by atoms with E-state index in [2.05, 4.69) is 5.32 Å². The highest BCUT2D eigenvalue weighted by Gasteiger charge is 2.16. The van der Waals surface area contributed by atoms with E-state index in [0.717, 1.165) is 5.56 Å². The Morgan fingerprint density at radius 1 is 1.29 bits per heavy atom. The van der Waals surface area contributed by atoms with Crippen LogP contribution in [0.2, 0.25) is 5.02 Å². The molecule has 0 aromatic heterocycles. The van der Waals surface area contributed by atoms with E-state index < -0.39 is 4.92 Å². The van der Waals surface area contributed by atoms with Crippen molar-refractivity contribution < 1.29 is 9.72 Å². The van der Waals surface area contributed by atoms with Crippen molar-refractivity contribution in [1.29, 1.82) is 0 Å². The van der Waals surface area contributed by atoms with Crippen LogP contribution in [-0.2, 0) is 6.54 Å². The van der Waals surface area contributed by atoms with Crippen LogP contribution >= 0.6 is 11.6 Å². The summed E-state index contributed by atoms with van der Waals surface area (Å²) >= 11 is 6.04. The van der Waals surface area contributed by atoms with Crippen LogP contribution in [-0.4, -0.2) is 10.7 Å². The van der Waals surface area contributed by atoms with Gasteiger partial charge in [-0.1, -0.05) is 29.8 Å². The number of anilines is 1. The molecule has 21 heavy (non-hydrogen) atoms. The Bertz CT molecular complexity index is 701. The first-order chi connectivity index (χ1) is 9.99. The second kappa shape index (κ2) is 6.37. The maximum Gasteiger partial charge on any atom is 0.293 e. The fourth-order valence-electron chi connectivity index (χ4n) is 1.88. The number of nitrogens with zero attached hydrogens (tertiary/aromatic N) is 1. The molecule has 0 saturated carbocycles. The lowest BCUT2D eigenvalue weighted by atomic mass is 10.1. The molecule has 0 heterocycles. The number of carbonyl (C=O) groups is 1. The number of nitrogens with one attached hydrogen (secondary N) is 1. The fourth-order valence-corrected chi connectivity index (χ4v) is 2.09. The number of nitro benzene ring substituents is 1. The zero-order chi connectivity index (χ0) is 15.4. The normalized spacial score (nSPS) is 10.2. The molecular formula is C15H13ClN2O3. The summed E-state index contributed by atoms with van der Waals surface area (Å²) in [5.74, 6) is -0.212. The lowest BCUT2D eigenvalue weighted by Crippen LogP contribution is -2.04. The van der Waals surface area contributed by atoms with Crippen LogP contribution in [0.25, 0.3) is 0 Å². The van der Waals surface area contributed by atoms with Gasteiger partial charge in [-0.15, -0.1) is 0 Å². The minimum atomic E-state index is -0.513. The molecule has 0 aliphatic heterocycles. The third-order valence-corrected chi connectivity index (χ3v) is 3.40. The van der Waals surface area contributed by atoms with Gasteiger partial charge >= 0.3 is 0 Å². The number of halogens is 1. The summed E-state index contributed by atoms with van der Waals surface area (Å²) in [6, 6.07) is 11.6. The molecule has 2 aromatic carbocycles. The molecule has 6 heteroatoms. The van der Waals surface area contributed by atoms with Crippen molar-refractivity contribution >= 4 is 28.8 Å². The van der Waals surface area contributed by atoms with Crippen LogP contribution in [0.3, 0.4) is 0 Å². The van der Waals surface area contributed by atoms with Gasteiger partial charge in [-0.3, -0.25) is 14.9 Å². The Morgan fingerprint density at radius 3 is 2.62 bits per heavy atom. The van der Waals surface area contributed by atoms with Crippen molar-refractivity contribution in [3.05, 3.63) is 68.7 Å². The summed E-state index contributed by atoms with van der Waals surface area (Å²) in [7, 11) is 0. The second-order valence-electron chi connectivity index (χ2n) is 4.49. The van der Waals surface area contributed by atoms with Crippen molar-refractivity contribution in [3.63, 3.8) is 0 Å². The van der Waals surface area contributed by atoms with Gasteiger partial charge in [-0.25, -0.2) is 0 Å². The highest BCUT2D eigenvalue weighted by molar-refractivity contribution is 6.31. The van der Waals surface area contributed by atoms with Crippen LogP contribution in [0.4, 0.5) is 11.4 Å². The van der Waals surface area contributed by atoms with Crippen molar-refractivity contribution in [2.45, 2.75) is 13.5 Å². The summed E-state index contributed by atoms with van der Waals surface area (Å²) in [6.07, 6.45) is 0. The molecule has 0 atom stereocenters. The van der Waals surface area contributed by atoms with Crippen molar-refractivity contribution in [2.24, 2.45) is 0 Å². The van der Waals surface area contributed by atoms with Crippen molar-refractivity contribution in [1.82, 2.24) is 0 Å². The van der Waals surface area contributed by atoms with Gasteiger partial charge in [0, 0.05) is 23.2 Å². The summed E-state index contributed by atoms with van der Waals surface area (Å²) in [4.78, 5) is 21.9. The third kappa shape index (κ3) is 3.58. The number of hydrogen-bond donors (Lipinski definition) is 1. The van der Waals surface area contributed by atoms with Crippen LogP contribution in [0.15, 0.2) is 42.5 Å². The third-order valence-electron chi connectivity index (χ3n) is 3.03. The number of benzene rings is 2. The molecule has 0 unspecified atom stereocenters. The Morgan fingerprint density at radius 2 is 2.00 bits per heavy atom. The molecule has 0 saturated heterocycles. The van der Waals surface area contributed by atoms with Gasteiger partial charge in [0.2, 0.25) is 0 Å². The van der Waals surface area contributed by atoms with Crippen LogP contribution < -0.4 is 5.32 Å². The number of hydrogen-bond acceptors (Lipinski definition) is 4. The second-order valence-corrected chi connectivity index (χ2v) is 4.90. The predicted molar refractivity (Wildman–Crippen MR) is 81.9 cm³/mol. The summed E-state index contributed by atoms with van der Waals surface area (Å²) in [5, 5.41) is 14.7. The zero-order valence-corrected chi connectivity index (χ0v) is 12.1. The highest BCUT2D eigenvalue weighted by atomic mass is 35.5. The molecular weight excluding hydrogens is 292 g/mol.